The lowest BCUT2D eigenvalue weighted by atomic mass is 9.84. The Morgan fingerprint density at radius 2 is 2.05 bits per heavy atom. The Hall–Kier alpha value is -1.13. The SMILES string of the molecule is Cc1ncc(CO)c(CN[C@@H](C)C2CCCCC2)c1O. The van der Waals surface area contributed by atoms with Crippen molar-refractivity contribution >= 4 is 0 Å². The molecule has 1 fully saturated rings. The second-order valence-electron chi connectivity index (χ2n) is 5.92. The molecule has 20 heavy (non-hydrogen) atoms. The Kier molecular flexibility index (Phi) is 5.38. The number of aliphatic hydroxyl groups excluding tert-OH is 1. The standard InChI is InChI=1S/C16H26N2O2/c1-11(13-6-4-3-5-7-13)18-9-15-14(10-19)8-17-12(2)16(15)20/h8,11,13,18-20H,3-7,9-10H2,1-2H3/t11-/m0/s1. The van der Waals surface area contributed by atoms with Gasteiger partial charge in [-0.3, -0.25) is 4.98 Å². The molecule has 1 heterocycles. The van der Waals surface area contributed by atoms with Gasteiger partial charge >= 0.3 is 0 Å². The molecule has 0 saturated heterocycles. The van der Waals surface area contributed by atoms with Crippen LogP contribution in [0.15, 0.2) is 6.20 Å². The maximum Gasteiger partial charge on any atom is 0.141 e. The third-order valence-corrected chi connectivity index (χ3v) is 4.56. The molecule has 4 nitrogen and oxygen atoms in total. The van der Waals surface area contributed by atoms with E-state index in [1.807, 2.05) is 0 Å². The van der Waals surface area contributed by atoms with Gasteiger partial charge in [0, 0.05) is 29.9 Å². The van der Waals surface area contributed by atoms with Crippen molar-refractivity contribution in [2.24, 2.45) is 5.92 Å². The van der Waals surface area contributed by atoms with E-state index in [9.17, 15) is 10.2 Å². The summed E-state index contributed by atoms with van der Waals surface area (Å²) < 4.78 is 0. The molecule has 2 rings (SSSR count). The van der Waals surface area contributed by atoms with E-state index in [0.717, 1.165) is 11.5 Å². The number of aromatic nitrogens is 1. The second-order valence-corrected chi connectivity index (χ2v) is 5.92. The van der Waals surface area contributed by atoms with Gasteiger partial charge in [-0.05, 0) is 32.6 Å². The summed E-state index contributed by atoms with van der Waals surface area (Å²) in [6.45, 7) is 4.50. The average Bonchev–Trinajstić information content (AvgIpc) is 2.49. The fraction of sp³-hybridized carbons (Fsp3) is 0.688. The second kappa shape index (κ2) is 7.04. The highest BCUT2D eigenvalue weighted by atomic mass is 16.3. The number of aliphatic hydroxyl groups is 1. The van der Waals surface area contributed by atoms with E-state index >= 15 is 0 Å². The van der Waals surface area contributed by atoms with Crippen LogP contribution in [0, 0.1) is 12.8 Å². The number of rotatable bonds is 5. The van der Waals surface area contributed by atoms with Crippen molar-refractivity contribution in [3.8, 4) is 5.75 Å². The summed E-state index contributed by atoms with van der Waals surface area (Å²) in [5, 5.41) is 23.0. The smallest absolute Gasteiger partial charge is 0.141 e. The number of pyridine rings is 1. The van der Waals surface area contributed by atoms with Crippen LogP contribution < -0.4 is 5.32 Å². The molecule has 0 aromatic carbocycles. The highest BCUT2D eigenvalue weighted by Crippen LogP contribution is 2.28. The molecule has 1 aliphatic carbocycles. The van der Waals surface area contributed by atoms with Gasteiger partial charge in [-0.1, -0.05) is 19.3 Å². The summed E-state index contributed by atoms with van der Waals surface area (Å²) in [6, 6.07) is 0.440. The molecule has 0 unspecified atom stereocenters. The van der Waals surface area contributed by atoms with Crippen molar-refractivity contribution in [3.63, 3.8) is 0 Å². The molecule has 1 saturated carbocycles. The summed E-state index contributed by atoms with van der Waals surface area (Å²) >= 11 is 0. The minimum Gasteiger partial charge on any atom is -0.506 e. The van der Waals surface area contributed by atoms with E-state index in [2.05, 4.69) is 17.2 Å². The molecule has 0 amide bonds. The zero-order valence-corrected chi connectivity index (χ0v) is 12.5. The third-order valence-electron chi connectivity index (χ3n) is 4.56. The molecular formula is C16H26N2O2. The van der Waals surface area contributed by atoms with E-state index in [1.54, 1.807) is 13.1 Å². The summed E-state index contributed by atoms with van der Waals surface area (Å²) in [5.74, 6) is 0.936. The van der Waals surface area contributed by atoms with Crippen LogP contribution in [0.2, 0.25) is 0 Å². The number of hydrogen-bond acceptors (Lipinski definition) is 4. The van der Waals surface area contributed by atoms with Gasteiger partial charge in [-0.2, -0.15) is 0 Å². The zero-order valence-electron chi connectivity index (χ0n) is 12.5. The Morgan fingerprint density at radius 1 is 1.35 bits per heavy atom. The van der Waals surface area contributed by atoms with Crippen LogP contribution in [-0.2, 0) is 13.2 Å². The maximum atomic E-state index is 10.1. The van der Waals surface area contributed by atoms with Crippen LogP contribution >= 0.6 is 0 Å². The molecule has 0 spiro atoms. The number of hydrogen-bond donors (Lipinski definition) is 3. The number of aryl methyl sites for hydroxylation is 1. The first-order chi connectivity index (χ1) is 9.63. The first-order valence-corrected chi connectivity index (χ1v) is 7.64. The number of nitrogens with zero attached hydrogens (tertiary/aromatic N) is 1. The molecular weight excluding hydrogens is 252 g/mol. The lowest BCUT2D eigenvalue weighted by Crippen LogP contribution is -2.34. The zero-order chi connectivity index (χ0) is 14.5. The molecule has 0 aliphatic heterocycles. The Labute approximate surface area is 121 Å². The monoisotopic (exact) mass is 278 g/mol. The molecule has 0 bridgehead atoms. The minimum absolute atomic E-state index is 0.0876. The highest BCUT2D eigenvalue weighted by molar-refractivity contribution is 5.40. The summed E-state index contributed by atoms with van der Waals surface area (Å²) in [7, 11) is 0. The first-order valence-electron chi connectivity index (χ1n) is 7.64. The summed E-state index contributed by atoms with van der Waals surface area (Å²) in [6.07, 6.45) is 8.26. The van der Waals surface area contributed by atoms with Gasteiger partial charge in [0.25, 0.3) is 0 Å². The van der Waals surface area contributed by atoms with Gasteiger partial charge in [0.05, 0.1) is 12.3 Å². The number of nitrogens with one attached hydrogen (secondary N) is 1. The fourth-order valence-corrected chi connectivity index (χ4v) is 3.08. The molecule has 1 aliphatic rings. The van der Waals surface area contributed by atoms with Gasteiger partial charge < -0.3 is 15.5 Å². The molecule has 0 radical (unpaired) electrons. The molecule has 1 atom stereocenters. The molecule has 112 valence electrons. The average molecular weight is 278 g/mol. The normalized spacial score (nSPS) is 18.1. The van der Waals surface area contributed by atoms with Crippen LogP contribution in [0.25, 0.3) is 0 Å². The Morgan fingerprint density at radius 3 is 2.70 bits per heavy atom. The van der Waals surface area contributed by atoms with E-state index in [-0.39, 0.29) is 12.4 Å². The summed E-state index contributed by atoms with van der Waals surface area (Å²) in [4.78, 5) is 4.09. The van der Waals surface area contributed by atoms with Gasteiger partial charge in [0.1, 0.15) is 5.75 Å². The van der Waals surface area contributed by atoms with Crippen molar-refractivity contribution in [2.45, 2.75) is 65.1 Å². The van der Waals surface area contributed by atoms with Gasteiger partial charge in [0.15, 0.2) is 0 Å². The lowest BCUT2D eigenvalue weighted by Gasteiger charge is -2.28. The molecule has 1 aromatic heterocycles. The predicted molar refractivity (Wildman–Crippen MR) is 79.4 cm³/mol. The van der Waals surface area contributed by atoms with Crippen molar-refractivity contribution < 1.29 is 10.2 Å². The van der Waals surface area contributed by atoms with Crippen LogP contribution in [-0.4, -0.2) is 21.2 Å². The van der Waals surface area contributed by atoms with Crippen LogP contribution in [0.4, 0.5) is 0 Å². The van der Waals surface area contributed by atoms with E-state index in [1.165, 1.54) is 32.1 Å². The Bertz CT molecular complexity index is 442. The molecule has 4 heteroatoms. The van der Waals surface area contributed by atoms with E-state index in [0.29, 0.717) is 23.8 Å². The third kappa shape index (κ3) is 3.49. The van der Waals surface area contributed by atoms with Crippen molar-refractivity contribution in [2.75, 3.05) is 0 Å². The van der Waals surface area contributed by atoms with E-state index in [4.69, 9.17) is 0 Å². The van der Waals surface area contributed by atoms with Gasteiger partial charge in [-0.15, -0.1) is 0 Å². The van der Waals surface area contributed by atoms with Crippen LogP contribution in [0.3, 0.4) is 0 Å². The molecule has 1 aromatic rings. The quantitative estimate of drug-likeness (QED) is 0.774. The van der Waals surface area contributed by atoms with Crippen molar-refractivity contribution in [1.82, 2.24) is 10.3 Å². The first kappa shape index (κ1) is 15.3. The van der Waals surface area contributed by atoms with Gasteiger partial charge in [-0.25, -0.2) is 0 Å². The number of aromatic hydroxyl groups is 1. The van der Waals surface area contributed by atoms with Crippen molar-refractivity contribution in [1.29, 1.82) is 0 Å². The molecule has 3 N–H and O–H groups in total. The van der Waals surface area contributed by atoms with Crippen LogP contribution in [0.5, 0.6) is 5.75 Å². The lowest BCUT2D eigenvalue weighted by molar-refractivity contribution is 0.271. The minimum atomic E-state index is -0.0876. The highest BCUT2D eigenvalue weighted by Gasteiger charge is 2.20. The maximum absolute atomic E-state index is 10.1. The largest absolute Gasteiger partial charge is 0.506 e. The van der Waals surface area contributed by atoms with Gasteiger partial charge in [0.2, 0.25) is 0 Å². The van der Waals surface area contributed by atoms with Crippen molar-refractivity contribution in [3.05, 3.63) is 23.0 Å². The van der Waals surface area contributed by atoms with E-state index < -0.39 is 0 Å². The fourth-order valence-electron chi connectivity index (χ4n) is 3.08. The van der Waals surface area contributed by atoms with Crippen LogP contribution in [0.1, 0.15) is 55.8 Å². The predicted octanol–water partition coefficient (Wildman–Crippen LogP) is 2.65. The summed E-state index contributed by atoms with van der Waals surface area (Å²) in [5.41, 5.74) is 2.10. The topological polar surface area (TPSA) is 65.4 Å². The Balaban J connectivity index is 2.01.